The van der Waals surface area contributed by atoms with Crippen molar-refractivity contribution in [3.63, 3.8) is 0 Å². The van der Waals surface area contributed by atoms with Gasteiger partial charge in [0.2, 0.25) is 0 Å². The molecule has 1 aliphatic rings. The lowest BCUT2D eigenvalue weighted by molar-refractivity contribution is -0.136. The Bertz CT molecular complexity index is 996. The maximum Gasteiger partial charge on any atom is 0.313 e. The van der Waals surface area contributed by atoms with Crippen molar-refractivity contribution in [1.82, 2.24) is 10.3 Å². The number of ether oxygens (including phenoxy) is 2. The van der Waals surface area contributed by atoms with Gasteiger partial charge in [-0.05, 0) is 30.2 Å². The number of benzene rings is 2. The van der Waals surface area contributed by atoms with Gasteiger partial charge >= 0.3 is 11.8 Å². The van der Waals surface area contributed by atoms with Crippen molar-refractivity contribution in [3.8, 4) is 11.5 Å². The van der Waals surface area contributed by atoms with E-state index in [1.54, 1.807) is 18.2 Å². The minimum absolute atomic E-state index is 0.370. The first-order valence-electron chi connectivity index (χ1n) is 8.74. The van der Waals surface area contributed by atoms with Crippen LogP contribution in [0.15, 0.2) is 48.7 Å². The fourth-order valence-electron chi connectivity index (χ4n) is 3.04. The molecule has 138 valence electrons. The maximum atomic E-state index is 12.1. The van der Waals surface area contributed by atoms with Crippen LogP contribution in [0.4, 0.5) is 5.69 Å². The zero-order valence-corrected chi connectivity index (χ0v) is 14.6. The molecular weight excluding hydrogens is 346 g/mol. The van der Waals surface area contributed by atoms with Gasteiger partial charge in [0.25, 0.3) is 0 Å². The summed E-state index contributed by atoms with van der Waals surface area (Å²) >= 11 is 0. The molecule has 0 unspecified atom stereocenters. The number of rotatable bonds is 4. The second kappa shape index (κ2) is 7.41. The van der Waals surface area contributed by atoms with E-state index in [0.717, 1.165) is 16.5 Å². The Hall–Kier alpha value is -3.48. The molecule has 0 spiro atoms. The summed E-state index contributed by atoms with van der Waals surface area (Å²) in [6, 6.07) is 13.0. The topological polar surface area (TPSA) is 92.5 Å². The number of aromatic nitrogens is 1. The van der Waals surface area contributed by atoms with Crippen molar-refractivity contribution >= 4 is 28.4 Å². The molecule has 3 N–H and O–H groups in total. The Morgan fingerprint density at radius 2 is 1.81 bits per heavy atom. The second-order valence-corrected chi connectivity index (χ2v) is 6.18. The summed E-state index contributed by atoms with van der Waals surface area (Å²) in [7, 11) is 0. The lowest BCUT2D eigenvalue weighted by Gasteiger charge is -2.18. The normalized spacial score (nSPS) is 12.6. The number of hydrogen-bond donors (Lipinski definition) is 3. The first kappa shape index (κ1) is 17.0. The number of para-hydroxylation sites is 1. The predicted octanol–water partition coefficient (Wildman–Crippen LogP) is 2.24. The van der Waals surface area contributed by atoms with Gasteiger partial charge in [-0.25, -0.2) is 0 Å². The van der Waals surface area contributed by atoms with Crippen molar-refractivity contribution in [2.24, 2.45) is 0 Å². The van der Waals surface area contributed by atoms with Gasteiger partial charge in [0.05, 0.1) is 0 Å². The van der Waals surface area contributed by atoms with E-state index < -0.39 is 11.8 Å². The van der Waals surface area contributed by atoms with Crippen LogP contribution in [-0.4, -0.2) is 36.6 Å². The van der Waals surface area contributed by atoms with Crippen LogP contribution in [0, 0.1) is 0 Å². The van der Waals surface area contributed by atoms with Crippen LogP contribution in [0.5, 0.6) is 11.5 Å². The number of amides is 2. The van der Waals surface area contributed by atoms with E-state index in [2.05, 4.69) is 15.6 Å². The highest BCUT2D eigenvalue weighted by atomic mass is 16.6. The van der Waals surface area contributed by atoms with Crippen LogP contribution >= 0.6 is 0 Å². The van der Waals surface area contributed by atoms with Crippen LogP contribution in [0.1, 0.15) is 5.56 Å². The van der Waals surface area contributed by atoms with Gasteiger partial charge in [0.1, 0.15) is 13.2 Å². The number of anilines is 1. The standard InChI is InChI=1S/C20H19N3O4/c24-19(21-8-7-13-12-22-16-4-2-1-3-15(13)16)20(25)23-14-5-6-17-18(11-14)27-10-9-26-17/h1-6,11-12,22H,7-10H2,(H,21,24)(H,23,25). The van der Waals surface area contributed by atoms with E-state index in [4.69, 9.17) is 9.47 Å². The summed E-state index contributed by atoms with van der Waals surface area (Å²) in [4.78, 5) is 27.3. The average molecular weight is 365 g/mol. The number of nitrogens with one attached hydrogen (secondary N) is 3. The largest absolute Gasteiger partial charge is 0.486 e. The average Bonchev–Trinajstić information content (AvgIpc) is 3.11. The lowest BCUT2D eigenvalue weighted by Crippen LogP contribution is -2.36. The van der Waals surface area contributed by atoms with Crippen LogP contribution in [0.3, 0.4) is 0 Å². The molecule has 2 heterocycles. The second-order valence-electron chi connectivity index (χ2n) is 6.18. The Morgan fingerprint density at radius 1 is 1.00 bits per heavy atom. The van der Waals surface area contributed by atoms with E-state index in [0.29, 0.717) is 43.4 Å². The van der Waals surface area contributed by atoms with E-state index in [9.17, 15) is 9.59 Å². The van der Waals surface area contributed by atoms with Gasteiger partial charge in [-0.2, -0.15) is 0 Å². The summed E-state index contributed by atoms with van der Waals surface area (Å²) in [5.74, 6) is -0.212. The molecule has 0 fully saturated rings. The highest BCUT2D eigenvalue weighted by molar-refractivity contribution is 6.39. The number of fused-ring (bicyclic) bond motifs is 2. The molecule has 0 aliphatic carbocycles. The van der Waals surface area contributed by atoms with Crippen molar-refractivity contribution in [2.75, 3.05) is 25.1 Å². The first-order valence-corrected chi connectivity index (χ1v) is 8.74. The Morgan fingerprint density at radius 3 is 2.70 bits per heavy atom. The SMILES string of the molecule is O=C(NCCc1c[nH]c2ccccc12)C(=O)Nc1ccc2c(c1)OCCO2. The van der Waals surface area contributed by atoms with Crippen LogP contribution in [0.2, 0.25) is 0 Å². The van der Waals surface area contributed by atoms with E-state index in [1.807, 2.05) is 30.5 Å². The van der Waals surface area contributed by atoms with Crippen molar-refractivity contribution in [2.45, 2.75) is 6.42 Å². The maximum absolute atomic E-state index is 12.1. The molecule has 7 heteroatoms. The van der Waals surface area contributed by atoms with Gasteiger partial charge < -0.3 is 25.1 Å². The van der Waals surface area contributed by atoms with Gasteiger partial charge in [-0.1, -0.05) is 18.2 Å². The lowest BCUT2D eigenvalue weighted by atomic mass is 10.1. The van der Waals surface area contributed by atoms with Crippen molar-refractivity contribution < 1.29 is 19.1 Å². The number of carbonyl (C=O) groups excluding carboxylic acids is 2. The molecule has 1 aromatic heterocycles. The van der Waals surface area contributed by atoms with E-state index in [-0.39, 0.29) is 0 Å². The summed E-state index contributed by atoms with van der Waals surface area (Å²) in [5.41, 5.74) is 2.63. The quantitative estimate of drug-likeness (QED) is 0.618. The van der Waals surface area contributed by atoms with Crippen LogP contribution in [0.25, 0.3) is 10.9 Å². The summed E-state index contributed by atoms with van der Waals surface area (Å²) in [6.45, 7) is 1.32. The zero-order chi connectivity index (χ0) is 18.6. The van der Waals surface area contributed by atoms with Crippen LogP contribution < -0.4 is 20.1 Å². The van der Waals surface area contributed by atoms with E-state index in [1.165, 1.54) is 0 Å². The molecule has 0 radical (unpaired) electrons. The van der Waals surface area contributed by atoms with Gasteiger partial charge in [0, 0.05) is 35.4 Å². The van der Waals surface area contributed by atoms with Crippen molar-refractivity contribution in [3.05, 3.63) is 54.2 Å². The van der Waals surface area contributed by atoms with E-state index >= 15 is 0 Å². The Kier molecular flexibility index (Phi) is 4.65. The fraction of sp³-hybridized carbons (Fsp3) is 0.200. The molecule has 0 saturated heterocycles. The molecule has 27 heavy (non-hydrogen) atoms. The van der Waals surface area contributed by atoms with Gasteiger partial charge in [0.15, 0.2) is 11.5 Å². The molecule has 7 nitrogen and oxygen atoms in total. The smallest absolute Gasteiger partial charge is 0.313 e. The Labute approximate surface area is 155 Å². The zero-order valence-electron chi connectivity index (χ0n) is 14.6. The molecule has 1 aliphatic heterocycles. The van der Waals surface area contributed by atoms with Gasteiger partial charge in [-0.15, -0.1) is 0 Å². The number of carbonyl (C=O) groups is 2. The number of aromatic amines is 1. The number of hydrogen-bond acceptors (Lipinski definition) is 4. The summed E-state index contributed by atoms with van der Waals surface area (Å²) in [6.07, 6.45) is 2.55. The molecule has 2 aromatic carbocycles. The third-order valence-corrected chi connectivity index (χ3v) is 4.36. The van der Waals surface area contributed by atoms with Crippen LogP contribution in [-0.2, 0) is 16.0 Å². The molecule has 0 bridgehead atoms. The Balaban J connectivity index is 1.31. The molecule has 0 atom stereocenters. The monoisotopic (exact) mass is 365 g/mol. The highest BCUT2D eigenvalue weighted by Gasteiger charge is 2.16. The van der Waals surface area contributed by atoms with Crippen molar-refractivity contribution in [1.29, 1.82) is 0 Å². The molecular formula is C20H19N3O4. The number of H-pyrrole nitrogens is 1. The fourth-order valence-corrected chi connectivity index (χ4v) is 3.04. The first-order chi connectivity index (χ1) is 13.2. The molecule has 2 amide bonds. The summed E-state index contributed by atoms with van der Waals surface area (Å²) < 4.78 is 10.9. The molecule has 3 aromatic rings. The summed E-state index contributed by atoms with van der Waals surface area (Å²) in [5, 5.41) is 6.34. The third-order valence-electron chi connectivity index (χ3n) is 4.36. The minimum atomic E-state index is -0.717. The highest BCUT2D eigenvalue weighted by Crippen LogP contribution is 2.32. The third kappa shape index (κ3) is 3.72. The predicted molar refractivity (Wildman–Crippen MR) is 101 cm³/mol. The molecule has 0 saturated carbocycles. The van der Waals surface area contributed by atoms with Gasteiger partial charge in [-0.3, -0.25) is 9.59 Å². The minimum Gasteiger partial charge on any atom is -0.486 e. The molecule has 4 rings (SSSR count).